The molecule has 0 aliphatic heterocycles. The molecule has 0 heterocycles. The van der Waals surface area contributed by atoms with Gasteiger partial charge in [0.05, 0.1) is 0 Å². The molecule has 2 N–H and O–H groups in total. The summed E-state index contributed by atoms with van der Waals surface area (Å²) in [5, 5.41) is 0. The highest BCUT2D eigenvalue weighted by Crippen LogP contribution is 2.32. The summed E-state index contributed by atoms with van der Waals surface area (Å²) in [7, 11) is 0. The summed E-state index contributed by atoms with van der Waals surface area (Å²) < 4.78 is 24.9. The highest BCUT2D eigenvalue weighted by molar-refractivity contribution is 6.02. The molecule has 0 aromatic carbocycles. The molecule has 4 nitrogen and oxygen atoms in total. The van der Waals surface area contributed by atoms with Crippen LogP contribution in [0.1, 0.15) is 59.3 Å². The summed E-state index contributed by atoms with van der Waals surface area (Å²) in [6, 6.07) is 0. The van der Waals surface area contributed by atoms with Gasteiger partial charge in [0.25, 0.3) is 0 Å². The van der Waals surface area contributed by atoms with Crippen LogP contribution in [0.15, 0.2) is 35.7 Å². The van der Waals surface area contributed by atoms with Crippen LogP contribution >= 0.6 is 0 Å². The molecule has 1 aliphatic rings. The molecule has 1 fully saturated rings. The molecule has 0 saturated heterocycles. The van der Waals surface area contributed by atoms with Crippen LogP contribution in [0.4, 0.5) is 8.78 Å². The predicted molar refractivity (Wildman–Crippen MR) is 89.9 cm³/mol. The summed E-state index contributed by atoms with van der Waals surface area (Å²) in [6.07, 6.45) is 5.12. The standard InChI is InChI=1S/C18H26F2N2O2/c1-4-5-15(7-6-14(20)11-19)22-21-12-13-8-16(23)9-18(2,3)10-17(13)24/h5,11-12,21-22H,4,6-10H2,1-3H3/b13-12+,14-11-,15-5+. The van der Waals surface area contributed by atoms with Crippen molar-refractivity contribution < 1.29 is 18.4 Å². The molecule has 0 aromatic heterocycles. The van der Waals surface area contributed by atoms with Gasteiger partial charge in [0.2, 0.25) is 0 Å². The van der Waals surface area contributed by atoms with Crippen LogP contribution in [-0.4, -0.2) is 11.6 Å². The monoisotopic (exact) mass is 340 g/mol. The Labute approximate surface area is 142 Å². The maximum absolute atomic E-state index is 12.9. The van der Waals surface area contributed by atoms with Crippen molar-refractivity contribution in [3.05, 3.63) is 35.7 Å². The third-order valence-corrected chi connectivity index (χ3v) is 3.74. The normalized spacial score (nSPS) is 21.0. The lowest BCUT2D eigenvalue weighted by Gasteiger charge is -2.19. The number of halogens is 2. The van der Waals surface area contributed by atoms with Crippen molar-refractivity contribution in [2.24, 2.45) is 5.41 Å². The number of hydrogen-bond acceptors (Lipinski definition) is 4. The minimum absolute atomic E-state index is 0.0402. The summed E-state index contributed by atoms with van der Waals surface area (Å²) in [5.41, 5.74) is 6.49. The summed E-state index contributed by atoms with van der Waals surface area (Å²) in [5.74, 6) is -0.824. The Morgan fingerprint density at radius 1 is 1.25 bits per heavy atom. The first-order valence-corrected chi connectivity index (χ1v) is 8.16. The molecule has 0 atom stereocenters. The van der Waals surface area contributed by atoms with Gasteiger partial charge in [-0.15, -0.1) is 0 Å². The van der Waals surface area contributed by atoms with Crippen LogP contribution in [0.3, 0.4) is 0 Å². The van der Waals surface area contributed by atoms with E-state index in [2.05, 4.69) is 10.9 Å². The molecule has 0 spiro atoms. The van der Waals surface area contributed by atoms with Gasteiger partial charge < -0.3 is 10.9 Å². The number of hydrogen-bond donors (Lipinski definition) is 2. The Bertz CT molecular complexity index is 563. The largest absolute Gasteiger partial charge is 0.308 e. The van der Waals surface area contributed by atoms with E-state index in [9.17, 15) is 18.4 Å². The lowest BCUT2D eigenvalue weighted by molar-refractivity contribution is -0.119. The van der Waals surface area contributed by atoms with Crippen molar-refractivity contribution in [2.45, 2.75) is 59.3 Å². The van der Waals surface area contributed by atoms with E-state index in [4.69, 9.17) is 0 Å². The number of rotatable bonds is 7. The summed E-state index contributed by atoms with van der Waals surface area (Å²) >= 11 is 0. The van der Waals surface area contributed by atoms with Crippen LogP contribution in [0.5, 0.6) is 0 Å². The number of allylic oxidation sites excluding steroid dienone is 4. The van der Waals surface area contributed by atoms with Crippen molar-refractivity contribution in [3.8, 4) is 0 Å². The fourth-order valence-electron chi connectivity index (χ4n) is 2.64. The number of ketones is 2. The molecule has 24 heavy (non-hydrogen) atoms. The van der Waals surface area contributed by atoms with E-state index in [0.717, 1.165) is 6.42 Å². The van der Waals surface area contributed by atoms with E-state index in [1.807, 2.05) is 26.8 Å². The smallest absolute Gasteiger partial charge is 0.161 e. The highest BCUT2D eigenvalue weighted by Gasteiger charge is 2.31. The van der Waals surface area contributed by atoms with E-state index in [1.54, 1.807) is 0 Å². The number of nitrogens with one attached hydrogen (secondary N) is 2. The minimum Gasteiger partial charge on any atom is -0.308 e. The lowest BCUT2D eigenvalue weighted by atomic mass is 9.84. The second kappa shape index (κ2) is 9.35. The fourth-order valence-corrected chi connectivity index (χ4v) is 2.64. The first-order chi connectivity index (χ1) is 11.3. The Kier molecular flexibility index (Phi) is 7.82. The fraction of sp³-hybridized carbons (Fsp3) is 0.556. The van der Waals surface area contributed by atoms with Crippen LogP contribution in [-0.2, 0) is 9.59 Å². The van der Waals surface area contributed by atoms with Crippen molar-refractivity contribution in [1.29, 1.82) is 0 Å². The molecular formula is C18H26F2N2O2. The van der Waals surface area contributed by atoms with Crippen molar-refractivity contribution >= 4 is 11.6 Å². The molecule has 1 aliphatic carbocycles. The first-order valence-electron chi connectivity index (χ1n) is 8.16. The summed E-state index contributed by atoms with van der Waals surface area (Å²) in [6.45, 7) is 5.75. The van der Waals surface area contributed by atoms with E-state index < -0.39 is 5.83 Å². The van der Waals surface area contributed by atoms with Gasteiger partial charge in [-0.2, -0.15) is 0 Å². The van der Waals surface area contributed by atoms with Crippen LogP contribution in [0, 0.1) is 5.41 Å². The summed E-state index contributed by atoms with van der Waals surface area (Å²) in [4.78, 5) is 24.2. The van der Waals surface area contributed by atoms with E-state index in [-0.39, 0.29) is 36.2 Å². The zero-order valence-corrected chi connectivity index (χ0v) is 14.5. The molecule has 0 amide bonds. The highest BCUT2D eigenvalue weighted by atomic mass is 19.2. The lowest BCUT2D eigenvalue weighted by Crippen LogP contribution is -2.27. The van der Waals surface area contributed by atoms with Gasteiger partial charge in [-0.25, -0.2) is 8.78 Å². The van der Waals surface area contributed by atoms with Crippen LogP contribution in [0.25, 0.3) is 0 Å². The van der Waals surface area contributed by atoms with Gasteiger partial charge >= 0.3 is 0 Å². The van der Waals surface area contributed by atoms with Crippen molar-refractivity contribution in [3.63, 3.8) is 0 Å². The number of carbonyl (C=O) groups is 2. The molecule has 0 aromatic rings. The zero-order valence-electron chi connectivity index (χ0n) is 14.5. The average molecular weight is 340 g/mol. The minimum atomic E-state index is -0.816. The van der Waals surface area contributed by atoms with Crippen LogP contribution < -0.4 is 10.9 Å². The Hall–Kier alpha value is -1.98. The second-order valence-electron chi connectivity index (χ2n) is 6.79. The van der Waals surface area contributed by atoms with E-state index in [1.165, 1.54) is 6.20 Å². The Balaban J connectivity index is 2.67. The van der Waals surface area contributed by atoms with Crippen molar-refractivity contribution in [2.75, 3.05) is 0 Å². The zero-order chi connectivity index (χ0) is 18.2. The third kappa shape index (κ3) is 7.06. The van der Waals surface area contributed by atoms with Gasteiger partial charge in [-0.1, -0.05) is 26.8 Å². The topological polar surface area (TPSA) is 58.2 Å². The van der Waals surface area contributed by atoms with E-state index in [0.29, 0.717) is 30.5 Å². The van der Waals surface area contributed by atoms with Crippen molar-refractivity contribution in [1.82, 2.24) is 10.9 Å². The molecule has 1 rings (SSSR count). The molecule has 134 valence electrons. The second-order valence-corrected chi connectivity index (χ2v) is 6.79. The molecular weight excluding hydrogens is 314 g/mol. The Morgan fingerprint density at radius 2 is 1.96 bits per heavy atom. The van der Waals surface area contributed by atoms with Gasteiger partial charge in [0, 0.05) is 43.2 Å². The predicted octanol–water partition coefficient (Wildman–Crippen LogP) is 4.17. The van der Waals surface area contributed by atoms with Gasteiger partial charge in [-0.05, 0) is 18.3 Å². The first kappa shape index (κ1) is 20.1. The molecule has 0 radical (unpaired) electrons. The average Bonchev–Trinajstić information content (AvgIpc) is 2.59. The quantitative estimate of drug-likeness (QED) is 0.415. The van der Waals surface area contributed by atoms with Gasteiger partial charge in [-0.3, -0.25) is 9.59 Å². The maximum atomic E-state index is 12.9. The molecule has 0 bridgehead atoms. The van der Waals surface area contributed by atoms with E-state index >= 15 is 0 Å². The number of hydrazine groups is 1. The van der Waals surface area contributed by atoms with Gasteiger partial charge in [0.15, 0.2) is 5.78 Å². The number of Topliss-reactive ketones (excluding diaryl/α,β-unsaturated/α-hetero) is 2. The molecule has 6 heteroatoms. The SMILES string of the molecule is CC/C=C(\CC/C(F)=C/F)NN/C=C1\CC(=O)CC(C)(C)CC1=O. The van der Waals surface area contributed by atoms with Gasteiger partial charge in [0.1, 0.15) is 17.9 Å². The maximum Gasteiger partial charge on any atom is 0.161 e. The number of carbonyl (C=O) groups excluding carboxylic acids is 2. The Morgan fingerprint density at radius 3 is 2.58 bits per heavy atom. The molecule has 1 saturated carbocycles. The molecule has 0 unspecified atom stereocenters. The van der Waals surface area contributed by atoms with Crippen LogP contribution in [0.2, 0.25) is 0 Å². The third-order valence-electron chi connectivity index (χ3n) is 3.74.